The zero-order valence-electron chi connectivity index (χ0n) is 15.0. The van der Waals surface area contributed by atoms with E-state index in [0.717, 1.165) is 0 Å². The molecule has 0 bridgehead atoms. The summed E-state index contributed by atoms with van der Waals surface area (Å²) in [5.74, 6) is 1.16. The molecular weight excluding hydrogens is 308 g/mol. The molecule has 0 heterocycles. The molecule has 6 heteroatoms. The number of ether oxygens (including phenoxy) is 2. The van der Waals surface area contributed by atoms with Crippen LogP contribution in [0.2, 0.25) is 0 Å². The van der Waals surface area contributed by atoms with Crippen molar-refractivity contribution in [3.05, 3.63) is 24.3 Å². The standard InChI is InChI=1S/C18H28N2O4/c1-5-23-15-9-6-7-10-16(15)24-12-8-11-18(22)20(4)13-17(21)19-14(2)3/h6-7,9-10,14H,5,8,11-13H2,1-4H3,(H,19,21). The predicted octanol–water partition coefficient (Wildman–Crippen LogP) is 2.23. The zero-order chi connectivity index (χ0) is 17.9. The Balaban J connectivity index is 2.32. The van der Waals surface area contributed by atoms with E-state index < -0.39 is 0 Å². The van der Waals surface area contributed by atoms with Crippen LogP contribution in [0.4, 0.5) is 0 Å². The van der Waals surface area contributed by atoms with Crippen LogP contribution in [0.3, 0.4) is 0 Å². The number of para-hydroxylation sites is 2. The largest absolute Gasteiger partial charge is 0.490 e. The second-order valence-corrected chi connectivity index (χ2v) is 5.80. The second-order valence-electron chi connectivity index (χ2n) is 5.80. The molecule has 0 aliphatic heterocycles. The summed E-state index contributed by atoms with van der Waals surface area (Å²) in [5, 5.41) is 2.76. The quantitative estimate of drug-likeness (QED) is 0.665. The molecule has 0 aliphatic rings. The number of nitrogens with zero attached hydrogens (tertiary/aromatic N) is 1. The van der Waals surface area contributed by atoms with Gasteiger partial charge in [-0.3, -0.25) is 9.59 Å². The second kappa shape index (κ2) is 10.5. The Morgan fingerprint density at radius 3 is 2.38 bits per heavy atom. The summed E-state index contributed by atoms with van der Waals surface area (Å²) in [4.78, 5) is 25.1. The smallest absolute Gasteiger partial charge is 0.239 e. The average Bonchev–Trinajstić information content (AvgIpc) is 2.52. The van der Waals surface area contributed by atoms with Crippen molar-refractivity contribution in [2.24, 2.45) is 0 Å². The van der Waals surface area contributed by atoms with E-state index in [1.807, 2.05) is 45.0 Å². The number of rotatable bonds is 10. The van der Waals surface area contributed by atoms with Crippen molar-refractivity contribution in [3.63, 3.8) is 0 Å². The summed E-state index contributed by atoms with van der Waals surface area (Å²) in [7, 11) is 1.63. The van der Waals surface area contributed by atoms with E-state index in [1.165, 1.54) is 4.90 Å². The van der Waals surface area contributed by atoms with Gasteiger partial charge >= 0.3 is 0 Å². The molecule has 6 nitrogen and oxygen atoms in total. The SMILES string of the molecule is CCOc1ccccc1OCCCC(=O)N(C)CC(=O)NC(C)C. The first-order chi connectivity index (χ1) is 11.4. The van der Waals surface area contributed by atoms with Crippen LogP contribution in [0, 0.1) is 0 Å². The van der Waals surface area contributed by atoms with Crippen LogP contribution in [-0.2, 0) is 9.59 Å². The van der Waals surface area contributed by atoms with Gasteiger partial charge in [0.15, 0.2) is 11.5 Å². The number of nitrogens with one attached hydrogen (secondary N) is 1. The summed E-state index contributed by atoms with van der Waals surface area (Å²) in [6.07, 6.45) is 0.914. The first-order valence-electron chi connectivity index (χ1n) is 8.32. The van der Waals surface area contributed by atoms with E-state index in [0.29, 0.717) is 37.6 Å². The third-order valence-electron chi connectivity index (χ3n) is 3.20. The molecule has 0 saturated heterocycles. The first-order valence-corrected chi connectivity index (χ1v) is 8.32. The maximum atomic E-state index is 12.0. The third kappa shape index (κ3) is 7.35. The number of amides is 2. The van der Waals surface area contributed by atoms with E-state index in [-0.39, 0.29) is 24.4 Å². The van der Waals surface area contributed by atoms with Crippen molar-refractivity contribution >= 4 is 11.8 Å². The number of hydrogen-bond acceptors (Lipinski definition) is 4. The van der Waals surface area contributed by atoms with Crippen LogP contribution in [0.5, 0.6) is 11.5 Å². The third-order valence-corrected chi connectivity index (χ3v) is 3.20. The molecule has 1 rings (SSSR count). The molecule has 2 amide bonds. The summed E-state index contributed by atoms with van der Waals surface area (Å²) in [5.41, 5.74) is 0. The van der Waals surface area contributed by atoms with E-state index in [2.05, 4.69) is 5.32 Å². The van der Waals surface area contributed by atoms with Crippen molar-refractivity contribution in [3.8, 4) is 11.5 Å². The van der Waals surface area contributed by atoms with Crippen LogP contribution in [0.1, 0.15) is 33.6 Å². The fourth-order valence-corrected chi connectivity index (χ4v) is 2.11. The van der Waals surface area contributed by atoms with Gasteiger partial charge in [-0.05, 0) is 39.3 Å². The highest BCUT2D eigenvalue weighted by Crippen LogP contribution is 2.26. The van der Waals surface area contributed by atoms with Gasteiger partial charge < -0.3 is 19.7 Å². The molecule has 1 aromatic carbocycles. The van der Waals surface area contributed by atoms with E-state index in [9.17, 15) is 9.59 Å². The highest BCUT2D eigenvalue weighted by atomic mass is 16.5. The number of carbonyl (C=O) groups excluding carboxylic acids is 2. The van der Waals surface area contributed by atoms with Crippen molar-refractivity contribution in [2.45, 2.75) is 39.7 Å². The lowest BCUT2D eigenvalue weighted by Crippen LogP contribution is -2.40. The maximum absolute atomic E-state index is 12.0. The Kier molecular flexibility index (Phi) is 8.68. The van der Waals surface area contributed by atoms with E-state index >= 15 is 0 Å². The summed E-state index contributed by atoms with van der Waals surface area (Å²) in [6.45, 7) is 6.75. The minimum atomic E-state index is -0.150. The van der Waals surface area contributed by atoms with Crippen LogP contribution < -0.4 is 14.8 Å². The Bertz CT molecular complexity index is 532. The molecule has 1 aromatic rings. The van der Waals surface area contributed by atoms with Gasteiger partial charge in [0.2, 0.25) is 11.8 Å². The lowest BCUT2D eigenvalue weighted by atomic mass is 10.3. The summed E-state index contributed by atoms with van der Waals surface area (Å²) >= 11 is 0. The van der Waals surface area contributed by atoms with E-state index in [4.69, 9.17) is 9.47 Å². The van der Waals surface area contributed by atoms with Crippen LogP contribution in [-0.4, -0.2) is 49.6 Å². The van der Waals surface area contributed by atoms with Crippen molar-refractivity contribution in [1.82, 2.24) is 10.2 Å². The topological polar surface area (TPSA) is 67.9 Å². The fourth-order valence-electron chi connectivity index (χ4n) is 2.11. The highest BCUT2D eigenvalue weighted by Gasteiger charge is 2.13. The lowest BCUT2D eigenvalue weighted by molar-refractivity contribution is -0.135. The number of carbonyl (C=O) groups is 2. The number of benzene rings is 1. The molecule has 134 valence electrons. The average molecular weight is 336 g/mol. The molecule has 0 atom stereocenters. The van der Waals surface area contributed by atoms with Crippen molar-refractivity contribution in [1.29, 1.82) is 0 Å². The van der Waals surface area contributed by atoms with Gasteiger partial charge in [-0.2, -0.15) is 0 Å². The molecule has 0 aromatic heterocycles. The Hall–Kier alpha value is -2.24. The molecular formula is C18H28N2O4. The van der Waals surface area contributed by atoms with Crippen molar-refractivity contribution in [2.75, 3.05) is 26.8 Å². The fraction of sp³-hybridized carbons (Fsp3) is 0.556. The van der Waals surface area contributed by atoms with Gasteiger partial charge in [-0.15, -0.1) is 0 Å². The molecule has 1 N–H and O–H groups in total. The van der Waals surface area contributed by atoms with Gasteiger partial charge in [0.05, 0.1) is 19.8 Å². The molecule has 0 radical (unpaired) electrons. The Labute approximate surface area is 144 Å². The summed E-state index contributed by atoms with van der Waals surface area (Å²) < 4.78 is 11.2. The maximum Gasteiger partial charge on any atom is 0.239 e. The minimum absolute atomic E-state index is 0.0693. The zero-order valence-corrected chi connectivity index (χ0v) is 15.0. The molecule has 24 heavy (non-hydrogen) atoms. The Morgan fingerprint density at radius 1 is 1.17 bits per heavy atom. The van der Waals surface area contributed by atoms with Gasteiger partial charge in [0, 0.05) is 19.5 Å². The van der Waals surface area contributed by atoms with E-state index in [1.54, 1.807) is 7.05 Å². The molecule has 0 saturated carbocycles. The number of likely N-dealkylation sites (N-methyl/N-ethyl adjacent to an activating group) is 1. The molecule has 0 unspecified atom stereocenters. The van der Waals surface area contributed by atoms with Gasteiger partial charge in [-0.25, -0.2) is 0 Å². The van der Waals surface area contributed by atoms with Gasteiger partial charge in [0.25, 0.3) is 0 Å². The van der Waals surface area contributed by atoms with Gasteiger partial charge in [-0.1, -0.05) is 12.1 Å². The van der Waals surface area contributed by atoms with Crippen LogP contribution in [0.15, 0.2) is 24.3 Å². The van der Waals surface area contributed by atoms with Crippen molar-refractivity contribution < 1.29 is 19.1 Å². The summed E-state index contributed by atoms with van der Waals surface area (Å²) in [6, 6.07) is 7.53. The van der Waals surface area contributed by atoms with Crippen LogP contribution in [0.25, 0.3) is 0 Å². The number of hydrogen-bond donors (Lipinski definition) is 1. The monoisotopic (exact) mass is 336 g/mol. The minimum Gasteiger partial charge on any atom is -0.490 e. The molecule has 0 spiro atoms. The Morgan fingerprint density at radius 2 is 1.79 bits per heavy atom. The molecule has 0 aliphatic carbocycles. The lowest BCUT2D eigenvalue weighted by Gasteiger charge is -2.18. The molecule has 0 fully saturated rings. The normalized spacial score (nSPS) is 10.4. The predicted molar refractivity (Wildman–Crippen MR) is 93.3 cm³/mol. The first kappa shape index (κ1) is 19.8. The van der Waals surface area contributed by atoms with Crippen LogP contribution >= 0.6 is 0 Å². The highest BCUT2D eigenvalue weighted by molar-refractivity contribution is 5.84. The van der Waals surface area contributed by atoms with Gasteiger partial charge in [0.1, 0.15) is 0 Å².